The quantitative estimate of drug-likeness (QED) is 0.769. The van der Waals surface area contributed by atoms with E-state index in [-0.39, 0.29) is 10.7 Å². The van der Waals surface area contributed by atoms with Crippen LogP contribution in [-0.4, -0.2) is 4.98 Å². The third kappa shape index (κ3) is 2.50. The van der Waals surface area contributed by atoms with Crippen molar-refractivity contribution in [1.29, 1.82) is 5.26 Å². The molecule has 2 aromatic rings. The molecule has 0 saturated carbocycles. The lowest BCUT2D eigenvalue weighted by Crippen LogP contribution is -1.91. The SMILES string of the molecule is N#Cc1c(Oc2ccccc2Cl)ccnc1Cl. The second kappa shape index (κ2) is 5.05. The van der Waals surface area contributed by atoms with Crippen molar-refractivity contribution in [2.45, 2.75) is 0 Å². The van der Waals surface area contributed by atoms with Crippen molar-refractivity contribution in [3.63, 3.8) is 0 Å². The predicted molar refractivity (Wildman–Crippen MR) is 65.5 cm³/mol. The van der Waals surface area contributed by atoms with E-state index >= 15 is 0 Å². The zero-order valence-electron chi connectivity index (χ0n) is 8.52. The number of nitrogens with zero attached hydrogens (tertiary/aromatic N) is 2. The topological polar surface area (TPSA) is 45.9 Å². The minimum Gasteiger partial charge on any atom is -0.454 e. The van der Waals surface area contributed by atoms with E-state index in [4.69, 9.17) is 33.2 Å². The first-order valence-electron chi connectivity index (χ1n) is 4.69. The molecule has 2 rings (SSSR count). The number of aromatic nitrogens is 1. The van der Waals surface area contributed by atoms with Gasteiger partial charge in [0.25, 0.3) is 0 Å². The van der Waals surface area contributed by atoms with Gasteiger partial charge in [0.05, 0.1) is 5.02 Å². The van der Waals surface area contributed by atoms with Gasteiger partial charge in [-0.3, -0.25) is 0 Å². The molecule has 84 valence electrons. The van der Waals surface area contributed by atoms with E-state index in [0.29, 0.717) is 16.5 Å². The van der Waals surface area contributed by atoms with Crippen LogP contribution in [0.15, 0.2) is 36.5 Å². The van der Waals surface area contributed by atoms with Crippen molar-refractivity contribution in [3.05, 3.63) is 52.3 Å². The van der Waals surface area contributed by atoms with Crippen molar-refractivity contribution in [3.8, 4) is 17.6 Å². The molecule has 3 nitrogen and oxygen atoms in total. The fourth-order valence-corrected chi connectivity index (χ4v) is 1.62. The van der Waals surface area contributed by atoms with Crippen LogP contribution in [0.4, 0.5) is 0 Å². The van der Waals surface area contributed by atoms with Gasteiger partial charge < -0.3 is 4.74 Å². The molecule has 1 aromatic carbocycles. The molecule has 0 amide bonds. The minimum absolute atomic E-state index is 0.108. The van der Waals surface area contributed by atoms with Gasteiger partial charge in [-0.15, -0.1) is 0 Å². The largest absolute Gasteiger partial charge is 0.454 e. The monoisotopic (exact) mass is 264 g/mol. The summed E-state index contributed by atoms with van der Waals surface area (Å²) in [5.41, 5.74) is 0.189. The first-order valence-corrected chi connectivity index (χ1v) is 5.45. The van der Waals surface area contributed by atoms with E-state index in [1.165, 1.54) is 6.20 Å². The molecule has 17 heavy (non-hydrogen) atoms. The molecule has 0 aliphatic heterocycles. The molecule has 0 unspecified atom stereocenters. The summed E-state index contributed by atoms with van der Waals surface area (Å²) in [5, 5.41) is 9.53. The summed E-state index contributed by atoms with van der Waals surface area (Å²) in [4.78, 5) is 3.80. The lowest BCUT2D eigenvalue weighted by atomic mass is 10.3. The molecule has 0 aliphatic rings. The third-order valence-electron chi connectivity index (χ3n) is 2.03. The van der Waals surface area contributed by atoms with Gasteiger partial charge in [0.2, 0.25) is 0 Å². The number of para-hydroxylation sites is 1. The zero-order chi connectivity index (χ0) is 12.3. The molecule has 5 heteroatoms. The molecule has 0 spiro atoms. The molecule has 0 aliphatic carbocycles. The number of ether oxygens (including phenoxy) is 1. The van der Waals surface area contributed by atoms with Crippen LogP contribution in [0.25, 0.3) is 0 Å². The average Bonchev–Trinajstić information content (AvgIpc) is 2.32. The van der Waals surface area contributed by atoms with Gasteiger partial charge in [-0.2, -0.15) is 5.26 Å². The van der Waals surface area contributed by atoms with Crippen LogP contribution in [-0.2, 0) is 0 Å². The van der Waals surface area contributed by atoms with E-state index in [0.717, 1.165) is 0 Å². The van der Waals surface area contributed by atoms with Crippen LogP contribution in [0.3, 0.4) is 0 Å². The fraction of sp³-hybridized carbons (Fsp3) is 0. The van der Waals surface area contributed by atoms with Gasteiger partial charge >= 0.3 is 0 Å². The summed E-state index contributed by atoms with van der Waals surface area (Å²) < 4.78 is 5.53. The third-order valence-corrected chi connectivity index (χ3v) is 2.63. The summed E-state index contributed by atoms with van der Waals surface area (Å²) in [5.74, 6) is 0.800. The van der Waals surface area contributed by atoms with E-state index in [1.807, 2.05) is 6.07 Å². The van der Waals surface area contributed by atoms with Crippen molar-refractivity contribution < 1.29 is 4.74 Å². The molecule has 0 atom stereocenters. The zero-order valence-corrected chi connectivity index (χ0v) is 10.0. The van der Waals surface area contributed by atoms with Gasteiger partial charge in [-0.25, -0.2) is 4.98 Å². The van der Waals surface area contributed by atoms with Crippen molar-refractivity contribution in [1.82, 2.24) is 4.98 Å². The van der Waals surface area contributed by atoms with Crippen LogP contribution in [0.5, 0.6) is 11.5 Å². The number of hydrogen-bond acceptors (Lipinski definition) is 3. The Balaban J connectivity index is 2.41. The van der Waals surface area contributed by atoms with Gasteiger partial charge in [-0.05, 0) is 12.1 Å². The number of rotatable bonds is 2. The molecule has 0 radical (unpaired) electrons. The Kier molecular flexibility index (Phi) is 3.48. The summed E-state index contributed by atoms with van der Waals surface area (Å²) in [6.45, 7) is 0. The number of hydrogen-bond donors (Lipinski definition) is 0. The summed E-state index contributed by atoms with van der Waals surface area (Å²) in [7, 11) is 0. The maximum atomic E-state index is 8.96. The highest BCUT2D eigenvalue weighted by Crippen LogP contribution is 2.32. The van der Waals surface area contributed by atoms with Gasteiger partial charge in [0, 0.05) is 12.3 Å². The summed E-state index contributed by atoms with van der Waals surface area (Å²) in [6, 6.07) is 10.5. The second-order valence-corrected chi connectivity index (χ2v) is 3.88. The standard InChI is InChI=1S/C12H6Cl2N2O/c13-9-3-1-2-4-11(9)17-10-5-6-16-12(14)8(10)7-15/h1-6H. The maximum Gasteiger partial charge on any atom is 0.150 e. The van der Waals surface area contributed by atoms with Crippen molar-refractivity contribution >= 4 is 23.2 Å². The highest BCUT2D eigenvalue weighted by atomic mass is 35.5. The Hall–Kier alpha value is -1.76. The normalized spacial score (nSPS) is 9.71. The average molecular weight is 265 g/mol. The summed E-state index contributed by atoms with van der Waals surface area (Å²) >= 11 is 11.7. The van der Waals surface area contributed by atoms with Crippen LogP contribution < -0.4 is 4.74 Å². The van der Waals surface area contributed by atoms with Crippen molar-refractivity contribution in [2.75, 3.05) is 0 Å². The van der Waals surface area contributed by atoms with Crippen LogP contribution in [0.1, 0.15) is 5.56 Å². The van der Waals surface area contributed by atoms with E-state index in [2.05, 4.69) is 4.98 Å². The Morgan fingerprint density at radius 1 is 1.12 bits per heavy atom. The molecule has 0 N–H and O–H groups in total. The Morgan fingerprint density at radius 2 is 1.88 bits per heavy atom. The lowest BCUT2D eigenvalue weighted by Gasteiger charge is -2.08. The van der Waals surface area contributed by atoms with E-state index < -0.39 is 0 Å². The van der Waals surface area contributed by atoms with Crippen LogP contribution in [0, 0.1) is 11.3 Å². The van der Waals surface area contributed by atoms with Gasteiger partial charge in [-0.1, -0.05) is 35.3 Å². The number of halogens is 2. The number of benzene rings is 1. The smallest absolute Gasteiger partial charge is 0.150 e. The Labute approximate surface area is 108 Å². The molecular weight excluding hydrogens is 259 g/mol. The summed E-state index contributed by atoms with van der Waals surface area (Å²) in [6.07, 6.45) is 1.47. The first kappa shape index (κ1) is 11.7. The van der Waals surface area contributed by atoms with E-state index in [1.54, 1.807) is 30.3 Å². The second-order valence-electron chi connectivity index (χ2n) is 3.12. The molecule has 0 bridgehead atoms. The first-order chi connectivity index (χ1) is 8.22. The fourth-order valence-electron chi connectivity index (χ4n) is 1.25. The van der Waals surface area contributed by atoms with E-state index in [9.17, 15) is 0 Å². The van der Waals surface area contributed by atoms with Gasteiger partial charge in [0.1, 0.15) is 23.1 Å². The Bertz CT molecular complexity index is 593. The minimum atomic E-state index is 0.108. The number of pyridine rings is 1. The molecule has 0 fully saturated rings. The van der Waals surface area contributed by atoms with Crippen LogP contribution in [0.2, 0.25) is 10.2 Å². The highest BCUT2D eigenvalue weighted by molar-refractivity contribution is 6.32. The maximum absolute atomic E-state index is 8.96. The molecule has 1 heterocycles. The molecule has 1 aromatic heterocycles. The van der Waals surface area contributed by atoms with Crippen LogP contribution >= 0.6 is 23.2 Å². The number of nitriles is 1. The lowest BCUT2D eigenvalue weighted by molar-refractivity contribution is 0.480. The Morgan fingerprint density at radius 3 is 2.59 bits per heavy atom. The molecule has 0 saturated heterocycles. The predicted octanol–water partition coefficient (Wildman–Crippen LogP) is 4.05. The van der Waals surface area contributed by atoms with Crippen molar-refractivity contribution in [2.24, 2.45) is 0 Å². The van der Waals surface area contributed by atoms with Gasteiger partial charge in [0.15, 0.2) is 5.15 Å². The highest BCUT2D eigenvalue weighted by Gasteiger charge is 2.10. The molecular formula is C12H6Cl2N2O.